The van der Waals surface area contributed by atoms with E-state index >= 15 is 0 Å². The number of benzene rings is 1. The quantitative estimate of drug-likeness (QED) is 0.866. The van der Waals surface area contributed by atoms with Gasteiger partial charge in [-0.05, 0) is 31.0 Å². The average molecular weight is 255 g/mol. The minimum Gasteiger partial charge on any atom is -0.359 e. The number of nitrogens with zero attached hydrogens (tertiary/aromatic N) is 1. The monoisotopic (exact) mass is 254 g/mol. The first-order valence-electron chi connectivity index (χ1n) is 5.55. The molecular weight excluding hydrogens is 240 g/mol. The minimum atomic E-state index is 0.510. The van der Waals surface area contributed by atoms with Crippen LogP contribution in [0.5, 0.6) is 0 Å². The van der Waals surface area contributed by atoms with Gasteiger partial charge in [-0.1, -0.05) is 36.8 Å². The van der Waals surface area contributed by atoms with Crippen LogP contribution in [-0.4, -0.2) is 11.0 Å². The number of rotatable bonds is 4. The van der Waals surface area contributed by atoms with Crippen molar-refractivity contribution in [3.8, 4) is 0 Å². The number of halogens is 1. The zero-order valence-corrected chi connectivity index (χ0v) is 11.0. The van der Waals surface area contributed by atoms with Crippen LogP contribution in [0.4, 0.5) is 5.13 Å². The van der Waals surface area contributed by atoms with E-state index in [1.807, 2.05) is 18.2 Å². The summed E-state index contributed by atoms with van der Waals surface area (Å²) >= 11 is 7.62. The van der Waals surface area contributed by atoms with E-state index in [4.69, 9.17) is 11.6 Å². The van der Waals surface area contributed by atoms with Crippen LogP contribution in [-0.2, 0) is 0 Å². The molecule has 0 spiro atoms. The summed E-state index contributed by atoms with van der Waals surface area (Å²) in [6.07, 6.45) is 2.24. The number of hydrogen-bond donors (Lipinski definition) is 1. The molecule has 0 fully saturated rings. The summed E-state index contributed by atoms with van der Waals surface area (Å²) < 4.78 is 1.18. The molecule has 4 heteroatoms. The van der Waals surface area contributed by atoms with Crippen molar-refractivity contribution in [3.05, 3.63) is 23.2 Å². The van der Waals surface area contributed by atoms with Gasteiger partial charge in [-0.25, -0.2) is 4.98 Å². The number of hydrogen-bond acceptors (Lipinski definition) is 3. The Balaban J connectivity index is 2.25. The third-order valence-electron chi connectivity index (χ3n) is 2.66. The molecule has 0 amide bonds. The van der Waals surface area contributed by atoms with Gasteiger partial charge in [0.05, 0.1) is 10.2 Å². The molecule has 16 heavy (non-hydrogen) atoms. The van der Waals surface area contributed by atoms with Gasteiger partial charge >= 0.3 is 0 Å². The molecule has 0 aliphatic rings. The van der Waals surface area contributed by atoms with Crippen LogP contribution >= 0.6 is 22.9 Å². The molecule has 0 unspecified atom stereocenters. The number of fused-ring (bicyclic) bond motifs is 1. The van der Waals surface area contributed by atoms with E-state index < -0.39 is 0 Å². The Labute approximate surface area is 105 Å². The molecule has 0 radical (unpaired) electrons. The normalized spacial score (nSPS) is 11.2. The van der Waals surface area contributed by atoms with Crippen molar-refractivity contribution in [3.63, 3.8) is 0 Å². The van der Waals surface area contributed by atoms with Crippen molar-refractivity contribution in [1.82, 2.24) is 4.98 Å². The second-order valence-electron chi connectivity index (χ2n) is 3.79. The number of nitrogens with one attached hydrogen (secondary N) is 1. The standard InChI is InChI=1S/C12H15ClN2S/c1-3-9(4-2)14-12-15-10-7-8(13)5-6-11(10)16-12/h5-7,9H,3-4H2,1-2H3,(H,14,15). The first-order valence-corrected chi connectivity index (χ1v) is 6.75. The van der Waals surface area contributed by atoms with E-state index in [1.54, 1.807) is 11.3 Å². The summed E-state index contributed by atoms with van der Waals surface area (Å²) in [5, 5.41) is 5.19. The van der Waals surface area contributed by atoms with Crippen LogP contribution in [0.2, 0.25) is 5.02 Å². The van der Waals surface area contributed by atoms with Gasteiger partial charge in [-0.2, -0.15) is 0 Å². The van der Waals surface area contributed by atoms with Gasteiger partial charge in [0, 0.05) is 11.1 Å². The molecule has 2 nitrogen and oxygen atoms in total. The van der Waals surface area contributed by atoms with Crippen LogP contribution < -0.4 is 5.32 Å². The summed E-state index contributed by atoms with van der Waals surface area (Å²) in [5.74, 6) is 0. The molecule has 1 aromatic heterocycles. The van der Waals surface area contributed by atoms with Crippen molar-refractivity contribution in [2.75, 3.05) is 5.32 Å². The highest BCUT2D eigenvalue weighted by atomic mass is 35.5. The highest BCUT2D eigenvalue weighted by molar-refractivity contribution is 7.22. The van der Waals surface area contributed by atoms with E-state index in [2.05, 4.69) is 24.1 Å². The molecule has 0 atom stereocenters. The van der Waals surface area contributed by atoms with Crippen molar-refractivity contribution < 1.29 is 0 Å². The third kappa shape index (κ3) is 2.47. The van der Waals surface area contributed by atoms with Gasteiger partial charge in [0.1, 0.15) is 0 Å². The maximum absolute atomic E-state index is 5.93. The first kappa shape index (κ1) is 11.7. The summed E-state index contributed by atoms with van der Waals surface area (Å²) in [4.78, 5) is 4.53. The van der Waals surface area contributed by atoms with E-state index in [1.165, 1.54) is 4.70 Å². The molecule has 0 saturated heterocycles. The fraction of sp³-hybridized carbons (Fsp3) is 0.417. The summed E-state index contributed by atoms with van der Waals surface area (Å²) in [5.41, 5.74) is 0.978. The van der Waals surface area contributed by atoms with Gasteiger partial charge < -0.3 is 5.32 Å². The fourth-order valence-electron chi connectivity index (χ4n) is 1.63. The summed E-state index contributed by atoms with van der Waals surface area (Å²) in [6, 6.07) is 6.35. The topological polar surface area (TPSA) is 24.9 Å². The Morgan fingerprint density at radius 2 is 2.12 bits per heavy atom. The lowest BCUT2D eigenvalue weighted by Crippen LogP contribution is -2.16. The van der Waals surface area contributed by atoms with Crippen LogP contribution in [0.1, 0.15) is 26.7 Å². The van der Waals surface area contributed by atoms with E-state index in [-0.39, 0.29) is 0 Å². The lowest BCUT2D eigenvalue weighted by atomic mass is 10.2. The molecule has 1 N–H and O–H groups in total. The Hall–Kier alpha value is -0.800. The molecule has 2 rings (SSSR count). The van der Waals surface area contributed by atoms with Crippen molar-refractivity contribution in [2.24, 2.45) is 0 Å². The SMILES string of the molecule is CCC(CC)Nc1nc2cc(Cl)ccc2s1. The van der Waals surface area contributed by atoms with Crippen LogP contribution in [0.25, 0.3) is 10.2 Å². The Kier molecular flexibility index (Phi) is 3.66. The third-order valence-corrected chi connectivity index (χ3v) is 3.87. The first-order chi connectivity index (χ1) is 7.72. The minimum absolute atomic E-state index is 0.510. The van der Waals surface area contributed by atoms with E-state index in [9.17, 15) is 0 Å². The zero-order chi connectivity index (χ0) is 11.5. The molecular formula is C12H15ClN2S. The molecule has 2 aromatic rings. The van der Waals surface area contributed by atoms with E-state index in [0.717, 1.165) is 28.5 Å². The molecule has 1 heterocycles. The smallest absolute Gasteiger partial charge is 0.184 e. The maximum atomic E-state index is 5.93. The predicted octanol–water partition coefficient (Wildman–Crippen LogP) is 4.55. The average Bonchev–Trinajstić information content (AvgIpc) is 2.67. The van der Waals surface area contributed by atoms with Crippen LogP contribution in [0, 0.1) is 0 Å². The molecule has 0 aliphatic heterocycles. The Bertz CT molecular complexity index is 477. The number of aromatic nitrogens is 1. The summed E-state index contributed by atoms with van der Waals surface area (Å²) in [6.45, 7) is 4.37. The second kappa shape index (κ2) is 5.02. The molecule has 0 saturated carbocycles. The highest BCUT2D eigenvalue weighted by Crippen LogP contribution is 2.28. The molecule has 86 valence electrons. The molecule has 0 aliphatic carbocycles. The maximum Gasteiger partial charge on any atom is 0.184 e. The van der Waals surface area contributed by atoms with Crippen molar-refractivity contribution in [1.29, 1.82) is 0 Å². The Morgan fingerprint density at radius 3 is 2.81 bits per heavy atom. The fourth-order valence-corrected chi connectivity index (χ4v) is 2.72. The van der Waals surface area contributed by atoms with Crippen molar-refractivity contribution >= 4 is 38.3 Å². The van der Waals surface area contributed by atoms with Gasteiger partial charge in [0.2, 0.25) is 0 Å². The lowest BCUT2D eigenvalue weighted by molar-refractivity contribution is 0.671. The largest absolute Gasteiger partial charge is 0.359 e. The lowest BCUT2D eigenvalue weighted by Gasteiger charge is -2.12. The van der Waals surface area contributed by atoms with Gasteiger partial charge in [0.25, 0.3) is 0 Å². The zero-order valence-electron chi connectivity index (χ0n) is 9.46. The second-order valence-corrected chi connectivity index (χ2v) is 5.26. The Morgan fingerprint density at radius 1 is 1.38 bits per heavy atom. The van der Waals surface area contributed by atoms with Crippen molar-refractivity contribution in [2.45, 2.75) is 32.7 Å². The van der Waals surface area contributed by atoms with Crippen LogP contribution in [0.3, 0.4) is 0 Å². The van der Waals surface area contributed by atoms with Gasteiger partial charge in [-0.15, -0.1) is 0 Å². The van der Waals surface area contributed by atoms with Gasteiger partial charge in [-0.3, -0.25) is 0 Å². The number of thiazole rings is 1. The number of anilines is 1. The molecule has 0 bridgehead atoms. The van der Waals surface area contributed by atoms with E-state index in [0.29, 0.717) is 6.04 Å². The molecule has 1 aromatic carbocycles. The van der Waals surface area contributed by atoms with Gasteiger partial charge in [0.15, 0.2) is 5.13 Å². The predicted molar refractivity (Wildman–Crippen MR) is 72.6 cm³/mol. The summed E-state index contributed by atoms with van der Waals surface area (Å²) in [7, 11) is 0. The van der Waals surface area contributed by atoms with Crippen LogP contribution in [0.15, 0.2) is 18.2 Å². The highest BCUT2D eigenvalue weighted by Gasteiger charge is 2.08.